The number of nitrogens with zero attached hydrogens (tertiary/aromatic N) is 3. The van der Waals surface area contributed by atoms with Crippen molar-refractivity contribution in [1.29, 1.82) is 0 Å². The zero-order valence-corrected chi connectivity index (χ0v) is 12.9. The van der Waals surface area contributed by atoms with Gasteiger partial charge in [0.25, 0.3) is 5.56 Å². The summed E-state index contributed by atoms with van der Waals surface area (Å²) in [6.45, 7) is 0. The summed E-state index contributed by atoms with van der Waals surface area (Å²) >= 11 is 5.95. The molecule has 118 valence electrons. The maximum Gasteiger partial charge on any atom is 0.339 e. The molecule has 0 unspecified atom stereocenters. The highest BCUT2D eigenvalue weighted by atomic mass is 35.5. The summed E-state index contributed by atoms with van der Waals surface area (Å²) in [4.78, 5) is 39.1. The number of H-pyrrole nitrogens is 1. The van der Waals surface area contributed by atoms with Crippen molar-refractivity contribution in [3.8, 4) is 5.69 Å². The molecule has 0 fully saturated rings. The minimum absolute atomic E-state index is 0.0595. The number of aromatic amines is 1. The van der Waals surface area contributed by atoms with Crippen molar-refractivity contribution in [2.45, 2.75) is 0 Å². The summed E-state index contributed by atoms with van der Waals surface area (Å²) < 4.78 is 6.93. The van der Waals surface area contributed by atoms with Crippen LogP contribution in [0.25, 0.3) is 16.7 Å². The van der Waals surface area contributed by atoms with Crippen LogP contribution in [0.4, 0.5) is 0 Å². The maximum absolute atomic E-state index is 12.5. The molecule has 0 atom stereocenters. The fourth-order valence-corrected chi connectivity index (χ4v) is 2.46. The second-order valence-corrected chi connectivity index (χ2v) is 5.16. The summed E-state index contributed by atoms with van der Waals surface area (Å²) in [6.07, 6.45) is 1.36. The average Bonchev–Trinajstić information content (AvgIpc) is 2.89. The molecule has 0 aliphatic carbocycles. The van der Waals surface area contributed by atoms with Gasteiger partial charge in [0, 0.05) is 7.05 Å². The number of esters is 1. The van der Waals surface area contributed by atoms with E-state index in [1.807, 2.05) is 0 Å². The van der Waals surface area contributed by atoms with Crippen molar-refractivity contribution in [1.82, 2.24) is 19.3 Å². The lowest BCUT2D eigenvalue weighted by atomic mass is 10.2. The van der Waals surface area contributed by atoms with Crippen LogP contribution in [0.15, 0.2) is 34.0 Å². The molecule has 9 heteroatoms. The zero-order valence-electron chi connectivity index (χ0n) is 12.2. The van der Waals surface area contributed by atoms with Gasteiger partial charge in [-0.2, -0.15) is 5.10 Å². The third kappa shape index (κ3) is 2.33. The highest BCUT2D eigenvalue weighted by Crippen LogP contribution is 2.20. The number of hydrogen-bond acceptors (Lipinski definition) is 5. The van der Waals surface area contributed by atoms with Gasteiger partial charge in [0.2, 0.25) is 0 Å². The van der Waals surface area contributed by atoms with Crippen molar-refractivity contribution < 1.29 is 9.53 Å². The van der Waals surface area contributed by atoms with E-state index in [4.69, 9.17) is 11.6 Å². The van der Waals surface area contributed by atoms with E-state index in [2.05, 4.69) is 14.8 Å². The van der Waals surface area contributed by atoms with Crippen LogP contribution in [-0.2, 0) is 11.8 Å². The van der Waals surface area contributed by atoms with E-state index in [0.717, 1.165) is 4.57 Å². The molecule has 2 heterocycles. The molecule has 8 nitrogen and oxygen atoms in total. The van der Waals surface area contributed by atoms with Crippen molar-refractivity contribution >= 4 is 28.6 Å². The van der Waals surface area contributed by atoms with Gasteiger partial charge in [0.15, 0.2) is 0 Å². The number of halogens is 1. The number of nitrogens with one attached hydrogen (secondary N) is 1. The van der Waals surface area contributed by atoms with Gasteiger partial charge in [-0.25, -0.2) is 14.2 Å². The van der Waals surface area contributed by atoms with Gasteiger partial charge in [-0.3, -0.25) is 14.5 Å². The molecule has 0 saturated carbocycles. The Hall–Kier alpha value is -2.87. The number of hydrogen-bond donors (Lipinski definition) is 1. The summed E-state index contributed by atoms with van der Waals surface area (Å²) in [7, 11) is 2.83. The molecule has 1 aromatic carbocycles. The number of carbonyl (C=O) groups is 1. The van der Waals surface area contributed by atoms with Crippen molar-refractivity contribution in [2.75, 3.05) is 7.11 Å². The minimum Gasteiger partial charge on any atom is -0.465 e. The Morgan fingerprint density at radius 3 is 2.78 bits per heavy atom. The number of benzene rings is 1. The van der Waals surface area contributed by atoms with Crippen molar-refractivity contribution in [3.05, 3.63) is 55.8 Å². The molecule has 3 aromatic rings. The third-order valence-corrected chi connectivity index (χ3v) is 3.74. The van der Waals surface area contributed by atoms with E-state index < -0.39 is 17.2 Å². The van der Waals surface area contributed by atoms with E-state index in [1.54, 1.807) is 7.05 Å². The molecular weight excluding hydrogens is 324 g/mol. The molecule has 3 rings (SSSR count). The predicted molar refractivity (Wildman–Crippen MR) is 83.3 cm³/mol. The van der Waals surface area contributed by atoms with Crippen LogP contribution in [0, 0.1) is 0 Å². The fraction of sp³-hybridized carbons (Fsp3) is 0.143. The van der Waals surface area contributed by atoms with Crippen LogP contribution < -0.4 is 11.2 Å². The van der Waals surface area contributed by atoms with Gasteiger partial charge in [-0.1, -0.05) is 11.6 Å². The molecule has 2 aromatic heterocycles. The van der Waals surface area contributed by atoms with E-state index >= 15 is 0 Å². The lowest BCUT2D eigenvalue weighted by Crippen LogP contribution is -2.33. The maximum atomic E-state index is 12.5. The second kappa shape index (κ2) is 5.40. The van der Waals surface area contributed by atoms with Crippen LogP contribution in [0.5, 0.6) is 0 Å². The SMILES string of the molecule is COC(=O)c1cc(-n2c(=O)[nH]c3c(cnn3C)c2=O)ccc1Cl. The van der Waals surface area contributed by atoms with Gasteiger partial charge in [-0.05, 0) is 18.2 Å². The first-order chi connectivity index (χ1) is 10.9. The van der Waals surface area contributed by atoms with E-state index in [0.29, 0.717) is 5.65 Å². The van der Waals surface area contributed by atoms with Gasteiger partial charge in [0.05, 0.1) is 29.6 Å². The molecule has 23 heavy (non-hydrogen) atoms. The number of carbonyl (C=O) groups excluding carboxylic acids is 1. The average molecular weight is 335 g/mol. The Bertz CT molecular complexity index is 1050. The normalized spacial score (nSPS) is 10.9. The van der Waals surface area contributed by atoms with E-state index in [1.165, 1.54) is 36.2 Å². The highest BCUT2D eigenvalue weighted by molar-refractivity contribution is 6.33. The first-order valence-corrected chi connectivity index (χ1v) is 6.87. The Balaban J connectivity index is 2.31. The Labute approximate surface area is 133 Å². The van der Waals surface area contributed by atoms with Crippen LogP contribution in [0.3, 0.4) is 0 Å². The summed E-state index contributed by atoms with van der Waals surface area (Å²) in [6, 6.07) is 4.21. The van der Waals surface area contributed by atoms with Crippen molar-refractivity contribution in [2.24, 2.45) is 7.05 Å². The highest BCUT2D eigenvalue weighted by Gasteiger charge is 2.16. The number of aryl methyl sites for hydroxylation is 1. The van der Waals surface area contributed by atoms with E-state index in [9.17, 15) is 14.4 Å². The lowest BCUT2D eigenvalue weighted by Gasteiger charge is -2.08. The molecule has 1 N–H and O–H groups in total. The Morgan fingerprint density at radius 2 is 2.09 bits per heavy atom. The third-order valence-electron chi connectivity index (χ3n) is 3.41. The van der Waals surface area contributed by atoms with Gasteiger partial charge >= 0.3 is 11.7 Å². The quantitative estimate of drug-likeness (QED) is 0.700. The standard InChI is InChI=1S/C14H11ClN4O4/c1-18-11-9(6-16-18)12(20)19(14(22)17-11)7-3-4-10(15)8(5-7)13(21)23-2/h3-6H,1-2H3,(H,17,22). The molecule has 0 aliphatic rings. The first-order valence-electron chi connectivity index (χ1n) is 6.49. The topological polar surface area (TPSA) is 99.0 Å². The monoisotopic (exact) mass is 334 g/mol. The number of fused-ring (bicyclic) bond motifs is 1. The van der Waals surface area contributed by atoms with Gasteiger partial charge in [0.1, 0.15) is 11.0 Å². The zero-order chi connectivity index (χ0) is 16.7. The largest absolute Gasteiger partial charge is 0.465 e. The van der Waals surface area contributed by atoms with E-state index in [-0.39, 0.29) is 21.7 Å². The molecule has 0 saturated heterocycles. The molecule has 0 radical (unpaired) electrons. The molecular formula is C14H11ClN4O4. The fourth-order valence-electron chi connectivity index (χ4n) is 2.27. The number of ether oxygens (including phenoxy) is 1. The van der Waals surface area contributed by atoms with Gasteiger partial charge < -0.3 is 4.74 Å². The van der Waals surface area contributed by atoms with Crippen LogP contribution in [0.2, 0.25) is 5.02 Å². The smallest absolute Gasteiger partial charge is 0.339 e. The molecule has 0 aliphatic heterocycles. The predicted octanol–water partition coefficient (Wildman–Crippen LogP) is 0.852. The second-order valence-electron chi connectivity index (χ2n) is 4.76. The molecule has 0 bridgehead atoms. The number of aromatic nitrogens is 4. The molecule has 0 spiro atoms. The van der Waals surface area contributed by atoms with Crippen LogP contribution in [-0.4, -0.2) is 32.4 Å². The first kappa shape index (κ1) is 15.0. The van der Waals surface area contributed by atoms with Crippen molar-refractivity contribution in [3.63, 3.8) is 0 Å². The minimum atomic E-state index is -0.663. The summed E-state index contributed by atoms with van der Waals surface area (Å²) in [5, 5.41) is 4.35. The number of methoxy groups -OCH3 is 1. The van der Waals surface area contributed by atoms with Crippen LogP contribution in [0.1, 0.15) is 10.4 Å². The Morgan fingerprint density at radius 1 is 1.35 bits per heavy atom. The van der Waals surface area contributed by atoms with Crippen LogP contribution >= 0.6 is 11.6 Å². The summed E-state index contributed by atoms with van der Waals surface area (Å²) in [5.41, 5.74) is -0.617. The lowest BCUT2D eigenvalue weighted by molar-refractivity contribution is 0.0601. The number of rotatable bonds is 2. The summed E-state index contributed by atoms with van der Waals surface area (Å²) in [5.74, 6) is -0.663. The Kier molecular flexibility index (Phi) is 3.53. The molecule has 0 amide bonds. The van der Waals surface area contributed by atoms with Gasteiger partial charge in [-0.15, -0.1) is 0 Å².